The monoisotopic (exact) mass is 294 g/mol. The molecule has 0 fully saturated rings. The highest BCUT2D eigenvalue weighted by atomic mass is 19.4. The maximum atomic E-state index is 12.9. The van der Waals surface area contributed by atoms with E-state index in [4.69, 9.17) is 0 Å². The van der Waals surface area contributed by atoms with Crippen LogP contribution < -0.4 is 5.32 Å². The minimum atomic E-state index is -4.38. The van der Waals surface area contributed by atoms with Crippen LogP contribution in [0.2, 0.25) is 0 Å². The molecule has 0 aliphatic carbocycles. The number of halogens is 3. The number of nitrogens with zero attached hydrogens (tertiary/aromatic N) is 1. The Bertz CT molecular complexity index is 621. The Balaban J connectivity index is 2.50. The van der Waals surface area contributed by atoms with Crippen LogP contribution >= 0.6 is 0 Å². The number of benzene rings is 1. The van der Waals surface area contributed by atoms with Crippen molar-refractivity contribution < 1.29 is 13.2 Å². The van der Waals surface area contributed by atoms with Crippen LogP contribution in [0.25, 0.3) is 11.3 Å². The Morgan fingerprint density at radius 1 is 1.14 bits per heavy atom. The van der Waals surface area contributed by atoms with E-state index < -0.39 is 11.7 Å². The SMILES string of the molecule is CCCc1cccc(-c2cc(C(F)(F)F)cc(NC)n2)c1. The standard InChI is InChI=1S/C16H17F3N2/c1-3-5-11-6-4-7-12(8-11)14-9-13(16(17,18)19)10-15(20-2)21-14/h4,6-10H,3,5H2,1-2H3,(H,20,21). The topological polar surface area (TPSA) is 24.9 Å². The van der Waals surface area contributed by atoms with E-state index in [-0.39, 0.29) is 5.82 Å². The average Bonchev–Trinajstić information content (AvgIpc) is 2.46. The van der Waals surface area contributed by atoms with E-state index in [1.54, 1.807) is 13.1 Å². The average molecular weight is 294 g/mol. The predicted molar refractivity (Wildman–Crippen MR) is 78.2 cm³/mol. The largest absolute Gasteiger partial charge is 0.416 e. The van der Waals surface area contributed by atoms with Crippen LogP contribution in [0.15, 0.2) is 36.4 Å². The number of pyridine rings is 1. The molecule has 5 heteroatoms. The minimum absolute atomic E-state index is 0.209. The summed E-state index contributed by atoms with van der Waals surface area (Å²) in [5.74, 6) is 0.209. The minimum Gasteiger partial charge on any atom is -0.373 e. The molecule has 0 amide bonds. The van der Waals surface area contributed by atoms with Crippen LogP contribution in [0.5, 0.6) is 0 Å². The first-order valence-corrected chi connectivity index (χ1v) is 6.80. The van der Waals surface area contributed by atoms with Gasteiger partial charge in [0.2, 0.25) is 0 Å². The molecule has 2 aromatic rings. The molecule has 2 rings (SSSR count). The Kier molecular flexibility index (Phi) is 4.50. The number of alkyl halides is 3. The summed E-state index contributed by atoms with van der Waals surface area (Å²) < 4.78 is 38.8. The summed E-state index contributed by atoms with van der Waals surface area (Å²) in [4.78, 5) is 4.23. The van der Waals surface area contributed by atoms with Crippen molar-refractivity contribution in [3.8, 4) is 11.3 Å². The summed E-state index contributed by atoms with van der Waals surface area (Å²) in [7, 11) is 1.56. The second-order valence-corrected chi connectivity index (χ2v) is 4.82. The van der Waals surface area contributed by atoms with Gasteiger partial charge in [0.05, 0.1) is 11.3 Å². The van der Waals surface area contributed by atoms with Crippen LogP contribution in [0, 0.1) is 0 Å². The van der Waals surface area contributed by atoms with Crippen molar-refractivity contribution in [2.24, 2.45) is 0 Å². The zero-order valence-corrected chi connectivity index (χ0v) is 12.0. The molecule has 0 saturated heterocycles. The summed E-state index contributed by atoms with van der Waals surface area (Å²) in [5.41, 5.74) is 1.42. The van der Waals surface area contributed by atoms with Gasteiger partial charge in [-0.3, -0.25) is 0 Å². The first kappa shape index (κ1) is 15.4. The van der Waals surface area contributed by atoms with Crippen molar-refractivity contribution in [2.45, 2.75) is 25.9 Å². The van der Waals surface area contributed by atoms with E-state index in [9.17, 15) is 13.2 Å². The lowest BCUT2D eigenvalue weighted by atomic mass is 10.0. The number of nitrogens with one attached hydrogen (secondary N) is 1. The maximum absolute atomic E-state index is 12.9. The molecule has 1 aromatic heterocycles. The molecular formula is C16H17F3N2. The molecule has 0 atom stereocenters. The van der Waals surface area contributed by atoms with Gasteiger partial charge in [-0.05, 0) is 30.2 Å². The highest BCUT2D eigenvalue weighted by Gasteiger charge is 2.31. The Morgan fingerprint density at radius 2 is 1.90 bits per heavy atom. The Labute approximate surface area is 122 Å². The van der Waals surface area contributed by atoms with Gasteiger partial charge < -0.3 is 5.32 Å². The Morgan fingerprint density at radius 3 is 2.52 bits per heavy atom. The number of anilines is 1. The highest BCUT2D eigenvalue weighted by Crippen LogP contribution is 2.33. The fourth-order valence-electron chi connectivity index (χ4n) is 2.15. The zero-order valence-electron chi connectivity index (χ0n) is 12.0. The fraction of sp³-hybridized carbons (Fsp3) is 0.312. The second kappa shape index (κ2) is 6.16. The van der Waals surface area contributed by atoms with Gasteiger partial charge in [0.15, 0.2) is 0 Å². The lowest BCUT2D eigenvalue weighted by molar-refractivity contribution is -0.137. The van der Waals surface area contributed by atoms with Crippen molar-refractivity contribution in [1.29, 1.82) is 0 Å². The summed E-state index contributed by atoms with van der Waals surface area (Å²) in [5, 5.41) is 2.68. The van der Waals surface area contributed by atoms with Crippen LogP contribution in [0.3, 0.4) is 0 Å². The predicted octanol–water partition coefficient (Wildman–Crippen LogP) is 4.76. The van der Waals surface area contributed by atoms with Gasteiger partial charge in [-0.25, -0.2) is 4.98 Å². The fourth-order valence-corrected chi connectivity index (χ4v) is 2.15. The molecule has 1 aromatic carbocycles. The molecular weight excluding hydrogens is 277 g/mol. The van der Waals surface area contributed by atoms with E-state index in [1.165, 1.54) is 0 Å². The normalized spacial score (nSPS) is 11.5. The molecule has 0 radical (unpaired) electrons. The van der Waals surface area contributed by atoms with Crippen molar-refractivity contribution in [3.05, 3.63) is 47.5 Å². The first-order valence-electron chi connectivity index (χ1n) is 6.80. The number of hydrogen-bond donors (Lipinski definition) is 1. The van der Waals surface area contributed by atoms with Crippen LogP contribution in [0.1, 0.15) is 24.5 Å². The first-order chi connectivity index (χ1) is 9.94. The summed E-state index contributed by atoms with van der Waals surface area (Å²) in [6.45, 7) is 2.06. The number of aryl methyl sites for hydroxylation is 1. The van der Waals surface area contributed by atoms with E-state index in [0.717, 1.165) is 30.5 Å². The van der Waals surface area contributed by atoms with E-state index >= 15 is 0 Å². The molecule has 2 nitrogen and oxygen atoms in total. The number of hydrogen-bond acceptors (Lipinski definition) is 2. The van der Waals surface area contributed by atoms with Gasteiger partial charge in [0.1, 0.15) is 5.82 Å². The molecule has 0 spiro atoms. The molecule has 0 aliphatic rings. The van der Waals surface area contributed by atoms with E-state index in [1.807, 2.05) is 18.2 Å². The molecule has 1 N–H and O–H groups in total. The summed E-state index contributed by atoms with van der Waals surface area (Å²) >= 11 is 0. The van der Waals surface area contributed by atoms with Gasteiger partial charge >= 0.3 is 6.18 Å². The Hall–Kier alpha value is -2.04. The van der Waals surface area contributed by atoms with Crippen molar-refractivity contribution >= 4 is 5.82 Å². The van der Waals surface area contributed by atoms with E-state index in [2.05, 4.69) is 17.2 Å². The number of aromatic nitrogens is 1. The molecule has 1 heterocycles. The van der Waals surface area contributed by atoms with Gasteiger partial charge in [-0.1, -0.05) is 31.5 Å². The van der Waals surface area contributed by atoms with Gasteiger partial charge in [-0.2, -0.15) is 13.2 Å². The molecule has 21 heavy (non-hydrogen) atoms. The molecule has 0 saturated carbocycles. The van der Waals surface area contributed by atoms with Crippen LogP contribution in [-0.4, -0.2) is 12.0 Å². The third-order valence-electron chi connectivity index (χ3n) is 3.17. The molecule has 112 valence electrons. The lowest BCUT2D eigenvalue weighted by Crippen LogP contribution is -2.07. The van der Waals surface area contributed by atoms with Crippen molar-refractivity contribution in [2.75, 3.05) is 12.4 Å². The maximum Gasteiger partial charge on any atom is 0.416 e. The van der Waals surface area contributed by atoms with Gasteiger partial charge in [0.25, 0.3) is 0 Å². The third-order valence-corrected chi connectivity index (χ3v) is 3.17. The third kappa shape index (κ3) is 3.74. The zero-order chi connectivity index (χ0) is 15.5. The van der Waals surface area contributed by atoms with Gasteiger partial charge in [0, 0.05) is 12.6 Å². The van der Waals surface area contributed by atoms with Crippen molar-refractivity contribution in [3.63, 3.8) is 0 Å². The summed E-state index contributed by atoms with van der Waals surface area (Å²) in [6, 6.07) is 9.60. The van der Waals surface area contributed by atoms with E-state index in [0.29, 0.717) is 11.3 Å². The van der Waals surface area contributed by atoms with Gasteiger partial charge in [-0.15, -0.1) is 0 Å². The van der Waals surface area contributed by atoms with Crippen LogP contribution in [0.4, 0.5) is 19.0 Å². The molecule has 0 bridgehead atoms. The highest BCUT2D eigenvalue weighted by molar-refractivity contribution is 5.63. The summed E-state index contributed by atoms with van der Waals surface area (Å²) in [6.07, 6.45) is -2.50. The second-order valence-electron chi connectivity index (χ2n) is 4.82. The van der Waals surface area contributed by atoms with Crippen molar-refractivity contribution in [1.82, 2.24) is 4.98 Å². The van der Waals surface area contributed by atoms with Crippen LogP contribution in [-0.2, 0) is 12.6 Å². The number of rotatable bonds is 4. The molecule has 0 unspecified atom stereocenters. The smallest absolute Gasteiger partial charge is 0.373 e. The quantitative estimate of drug-likeness (QED) is 0.879. The molecule has 0 aliphatic heterocycles. The lowest BCUT2D eigenvalue weighted by Gasteiger charge is -2.12.